The second-order valence-corrected chi connectivity index (χ2v) is 8.08. The van der Waals surface area contributed by atoms with Crippen molar-refractivity contribution in [3.63, 3.8) is 0 Å². The molecule has 0 spiro atoms. The van der Waals surface area contributed by atoms with Gasteiger partial charge in [0.25, 0.3) is 11.8 Å². The molecule has 1 aliphatic rings. The van der Waals surface area contributed by atoms with Crippen LogP contribution in [0.4, 0.5) is 0 Å². The molecule has 0 radical (unpaired) electrons. The van der Waals surface area contributed by atoms with Crippen LogP contribution in [0.15, 0.2) is 84.9 Å². The van der Waals surface area contributed by atoms with Gasteiger partial charge in [0.15, 0.2) is 6.61 Å². The van der Waals surface area contributed by atoms with Gasteiger partial charge in [-0.2, -0.15) is 0 Å². The molecule has 3 aromatic rings. The largest absolute Gasteiger partial charge is 0.484 e. The minimum absolute atomic E-state index is 0.000787. The van der Waals surface area contributed by atoms with Gasteiger partial charge >= 0.3 is 0 Å². The highest BCUT2D eigenvalue weighted by molar-refractivity contribution is 5.94. The predicted octanol–water partition coefficient (Wildman–Crippen LogP) is 4.53. The molecule has 0 unspecified atom stereocenters. The van der Waals surface area contributed by atoms with E-state index in [2.05, 4.69) is 5.32 Å². The van der Waals surface area contributed by atoms with Gasteiger partial charge < -0.3 is 19.7 Å². The smallest absolute Gasteiger partial charge is 0.260 e. The van der Waals surface area contributed by atoms with Gasteiger partial charge in [-0.1, -0.05) is 36.4 Å². The van der Waals surface area contributed by atoms with Gasteiger partial charge in [0.05, 0.1) is 0 Å². The van der Waals surface area contributed by atoms with Crippen molar-refractivity contribution < 1.29 is 19.1 Å². The number of carbonyl (C=O) groups excluding carboxylic acids is 2. The van der Waals surface area contributed by atoms with Crippen molar-refractivity contribution in [2.45, 2.75) is 12.8 Å². The number of hydrogen-bond donors (Lipinski definition) is 1. The molecule has 1 aliphatic heterocycles. The zero-order valence-corrected chi connectivity index (χ0v) is 18.5. The molecular formula is C27H28N2O4. The van der Waals surface area contributed by atoms with Gasteiger partial charge in [0, 0.05) is 25.2 Å². The average molecular weight is 445 g/mol. The normalized spacial score (nSPS) is 13.9. The monoisotopic (exact) mass is 444 g/mol. The van der Waals surface area contributed by atoms with E-state index in [1.54, 1.807) is 24.3 Å². The summed E-state index contributed by atoms with van der Waals surface area (Å²) >= 11 is 0. The second kappa shape index (κ2) is 11.2. The van der Waals surface area contributed by atoms with Crippen LogP contribution in [-0.4, -0.2) is 43.0 Å². The molecule has 0 atom stereocenters. The van der Waals surface area contributed by atoms with Gasteiger partial charge in [0.2, 0.25) is 0 Å². The number of amides is 2. The van der Waals surface area contributed by atoms with Crippen LogP contribution in [0.5, 0.6) is 17.2 Å². The second-order valence-electron chi connectivity index (χ2n) is 8.08. The van der Waals surface area contributed by atoms with Gasteiger partial charge in [-0.05, 0) is 67.3 Å². The van der Waals surface area contributed by atoms with E-state index in [4.69, 9.17) is 9.47 Å². The zero-order chi connectivity index (χ0) is 22.9. The lowest BCUT2D eigenvalue weighted by molar-refractivity contribution is -0.134. The molecule has 1 saturated heterocycles. The van der Waals surface area contributed by atoms with Crippen LogP contribution in [0, 0.1) is 5.92 Å². The van der Waals surface area contributed by atoms with Crippen LogP contribution in [0.25, 0.3) is 0 Å². The number of piperidine rings is 1. The van der Waals surface area contributed by atoms with Crippen LogP contribution in [0.3, 0.4) is 0 Å². The summed E-state index contributed by atoms with van der Waals surface area (Å²) in [5, 5.41) is 3.02. The topological polar surface area (TPSA) is 67.9 Å². The molecular weight excluding hydrogens is 416 g/mol. The first-order chi connectivity index (χ1) is 16.2. The third-order valence-corrected chi connectivity index (χ3v) is 5.72. The number of benzene rings is 3. The fourth-order valence-electron chi connectivity index (χ4n) is 3.78. The number of nitrogens with one attached hydrogen (secondary N) is 1. The van der Waals surface area contributed by atoms with Gasteiger partial charge in [-0.15, -0.1) is 0 Å². The fourth-order valence-corrected chi connectivity index (χ4v) is 3.78. The quantitative estimate of drug-likeness (QED) is 0.555. The molecule has 1 fully saturated rings. The van der Waals surface area contributed by atoms with Crippen LogP contribution >= 0.6 is 0 Å². The maximum absolute atomic E-state index is 12.5. The summed E-state index contributed by atoms with van der Waals surface area (Å²) in [6.07, 6.45) is 1.72. The minimum Gasteiger partial charge on any atom is -0.484 e. The molecule has 1 heterocycles. The van der Waals surface area contributed by atoms with Crippen molar-refractivity contribution in [1.82, 2.24) is 10.2 Å². The molecule has 0 aliphatic carbocycles. The SMILES string of the molecule is O=C(NCC1CCN(C(=O)COc2ccccc2)CC1)c1ccc(Oc2ccccc2)cc1. The summed E-state index contributed by atoms with van der Waals surface area (Å²) in [6, 6.07) is 26.0. The lowest BCUT2D eigenvalue weighted by atomic mass is 9.96. The van der Waals surface area contributed by atoms with Crippen LogP contribution in [0.2, 0.25) is 0 Å². The number of carbonyl (C=O) groups is 2. The number of para-hydroxylation sites is 2. The van der Waals surface area contributed by atoms with Gasteiger partial charge in [-0.25, -0.2) is 0 Å². The van der Waals surface area contributed by atoms with E-state index in [0.29, 0.717) is 42.6 Å². The summed E-state index contributed by atoms with van der Waals surface area (Å²) in [5.74, 6) is 2.39. The predicted molar refractivity (Wildman–Crippen MR) is 127 cm³/mol. The number of hydrogen-bond acceptors (Lipinski definition) is 4. The molecule has 2 amide bonds. The molecule has 6 nitrogen and oxygen atoms in total. The summed E-state index contributed by atoms with van der Waals surface area (Å²) < 4.78 is 11.3. The highest BCUT2D eigenvalue weighted by Crippen LogP contribution is 2.21. The summed E-state index contributed by atoms with van der Waals surface area (Å²) in [7, 11) is 0. The number of rotatable bonds is 8. The fraction of sp³-hybridized carbons (Fsp3) is 0.259. The highest BCUT2D eigenvalue weighted by Gasteiger charge is 2.23. The van der Waals surface area contributed by atoms with Gasteiger partial charge in [-0.3, -0.25) is 9.59 Å². The lowest BCUT2D eigenvalue weighted by Gasteiger charge is -2.32. The standard InChI is InChI=1S/C27H28N2O4/c30-26(20-32-23-7-3-1-4-8-23)29-17-15-21(16-18-29)19-28-27(31)22-11-13-25(14-12-22)33-24-9-5-2-6-10-24/h1-14,21H,15-20H2,(H,28,31). The van der Waals surface area contributed by atoms with Crippen LogP contribution in [-0.2, 0) is 4.79 Å². The Hall–Kier alpha value is -3.80. The van der Waals surface area contributed by atoms with Crippen molar-refractivity contribution in [3.8, 4) is 17.2 Å². The van der Waals surface area contributed by atoms with Crippen molar-refractivity contribution in [2.75, 3.05) is 26.2 Å². The first-order valence-electron chi connectivity index (χ1n) is 11.2. The third-order valence-electron chi connectivity index (χ3n) is 5.72. The van der Waals surface area contributed by atoms with E-state index in [1.165, 1.54) is 0 Å². The molecule has 170 valence electrons. The Balaban J connectivity index is 1.17. The zero-order valence-electron chi connectivity index (χ0n) is 18.5. The first kappa shape index (κ1) is 22.4. The molecule has 0 bridgehead atoms. The molecule has 33 heavy (non-hydrogen) atoms. The van der Waals surface area contributed by atoms with E-state index in [9.17, 15) is 9.59 Å². The Kier molecular flexibility index (Phi) is 7.59. The molecule has 1 N–H and O–H groups in total. The minimum atomic E-state index is -0.101. The summed E-state index contributed by atoms with van der Waals surface area (Å²) in [6.45, 7) is 2.02. The summed E-state index contributed by atoms with van der Waals surface area (Å²) in [4.78, 5) is 26.7. The van der Waals surface area contributed by atoms with Crippen molar-refractivity contribution >= 4 is 11.8 Å². The lowest BCUT2D eigenvalue weighted by Crippen LogP contribution is -2.43. The van der Waals surface area contributed by atoms with E-state index >= 15 is 0 Å². The maximum Gasteiger partial charge on any atom is 0.260 e. The Morgan fingerprint density at radius 1 is 0.788 bits per heavy atom. The maximum atomic E-state index is 12.5. The molecule has 6 heteroatoms. The number of likely N-dealkylation sites (tertiary alicyclic amines) is 1. The van der Waals surface area contributed by atoms with Crippen molar-refractivity contribution in [1.29, 1.82) is 0 Å². The third kappa shape index (κ3) is 6.59. The van der Waals surface area contributed by atoms with Crippen molar-refractivity contribution in [3.05, 3.63) is 90.5 Å². The van der Waals surface area contributed by atoms with E-state index < -0.39 is 0 Å². The summed E-state index contributed by atoms with van der Waals surface area (Å²) in [5.41, 5.74) is 0.598. The molecule has 4 rings (SSSR count). The van der Waals surface area contributed by atoms with E-state index in [0.717, 1.165) is 18.6 Å². The van der Waals surface area contributed by atoms with Gasteiger partial charge in [0.1, 0.15) is 17.2 Å². The molecule has 3 aromatic carbocycles. The number of ether oxygens (including phenoxy) is 2. The Bertz CT molecular complexity index is 1030. The first-order valence-corrected chi connectivity index (χ1v) is 11.2. The van der Waals surface area contributed by atoms with Crippen LogP contribution in [0.1, 0.15) is 23.2 Å². The highest BCUT2D eigenvalue weighted by atomic mass is 16.5. The average Bonchev–Trinajstić information content (AvgIpc) is 2.88. The van der Waals surface area contributed by atoms with Crippen LogP contribution < -0.4 is 14.8 Å². The Morgan fingerprint density at radius 2 is 1.36 bits per heavy atom. The number of nitrogens with zero attached hydrogens (tertiary/aromatic N) is 1. The van der Waals surface area contributed by atoms with Crippen molar-refractivity contribution in [2.24, 2.45) is 5.92 Å². The van der Waals surface area contributed by atoms with E-state index in [-0.39, 0.29) is 18.4 Å². The Labute approximate surface area is 194 Å². The Morgan fingerprint density at radius 3 is 2.00 bits per heavy atom. The van der Waals surface area contributed by atoms with E-state index in [1.807, 2.05) is 65.6 Å². The molecule has 0 saturated carbocycles. The molecule has 0 aromatic heterocycles.